The minimum Gasteiger partial charge on any atom is -0.457 e. The molecule has 0 atom stereocenters. The Morgan fingerprint density at radius 1 is 0.600 bits per heavy atom. The topological polar surface area (TPSA) is 75.7 Å². The predicted octanol–water partition coefficient (Wildman–Crippen LogP) is 5.99. The molecule has 0 aliphatic heterocycles. The quantitative estimate of drug-likeness (QED) is 0.335. The standard InChI is InChI=1S/C19H13F12NO3/c1-8-2-3-9(6-11(8)14(33,16(20,21)22)17(23,24)25)35-10-4-5-13(32)12(7-10)15(34,18(26,27)28)19(29,30)31/h2-7,33-34H,32H2,1H3. The van der Waals surface area contributed by atoms with Gasteiger partial charge in [-0.25, -0.2) is 0 Å². The molecule has 4 N–H and O–H groups in total. The fourth-order valence-electron chi connectivity index (χ4n) is 3.03. The van der Waals surface area contributed by atoms with E-state index in [1.165, 1.54) is 0 Å². The van der Waals surface area contributed by atoms with Gasteiger partial charge in [-0.2, -0.15) is 52.7 Å². The molecule has 0 fully saturated rings. The lowest BCUT2D eigenvalue weighted by Gasteiger charge is -2.34. The van der Waals surface area contributed by atoms with Gasteiger partial charge in [0.15, 0.2) is 0 Å². The van der Waals surface area contributed by atoms with E-state index in [-0.39, 0.29) is 12.1 Å². The number of alkyl halides is 12. The first-order chi connectivity index (χ1) is 15.5. The Kier molecular flexibility index (Phi) is 6.77. The minimum absolute atomic E-state index is 0.0322. The van der Waals surface area contributed by atoms with Crippen molar-refractivity contribution >= 4 is 5.69 Å². The number of hydrogen-bond donors (Lipinski definition) is 3. The largest absolute Gasteiger partial charge is 0.457 e. The van der Waals surface area contributed by atoms with Crippen LogP contribution in [0.4, 0.5) is 58.4 Å². The highest BCUT2D eigenvalue weighted by Gasteiger charge is 2.73. The van der Waals surface area contributed by atoms with Crippen LogP contribution in [-0.4, -0.2) is 34.9 Å². The van der Waals surface area contributed by atoms with Gasteiger partial charge in [0, 0.05) is 16.8 Å². The summed E-state index contributed by atoms with van der Waals surface area (Å²) in [5.74, 6) is -1.91. The Morgan fingerprint density at radius 3 is 1.34 bits per heavy atom. The number of hydrogen-bond acceptors (Lipinski definition) is 4. The molecule has 0 aliphatic rings. The first-order valence-corrected chi connectivity index (χ1v) is 8.89. The van der Waals surface area contributed by atoms with Gasteiger partial charge in [-0.15, -0.1) is 0 Å². The van der Waals surface area contributed by atoms with Gasteiger partial charge < -0.3 is 20.7 Å². The van der Waals surface area contributed by atoms with Crippen LogP contribution in [0.3, 0.4) is 0 Å². The predicted molar refractivity (Wildman–Crippen MR) is 94.1 cm³/mol. The van der Waals surface area contributed by atoms with Crippen molar-refractivity contribution in [3.63, 3.8) is 0 Å². The Labute approximate surface area is 187 Å². The summed E-state index contributed by atoms with van der Waals surface area (Å²) >= 11 is 0. The van der Waals surface area contributed by atoms with Gasteiger partial charge in [0.2, 0.25) is 0 Å². The van der Waals surface area contributed by atoms with E-state index < -0.39 is 69.8 Å². The van der Waals surface area contributed by atoms with Crippen LogP contribution in [0.25, 0.3) is 0 Å². The number of halogens is 12. The molecule has 35 heavy (non-hydrogen) atoms. The molecule has 4 nitrogen and oxygen atoms in total. The molecule has 0 saturated carbocycles. The number of rotatable bonds is 4. The van der Waals surface area contributed by atoms with E-state index in [4.69, 9.17) is 10.5 Å². The van der Waals surface area contributed by atoms with Crippen LogP contribution in [0, 0.1) is 6.92 Å². The van der Waals surface area contributed by atoms with Crippen molar-refractivity contribution in [3.05, 3.63) is 53.1 Å². The maximum absolute atomic E-state index is 13.2. The zero-order valence-electron chi connectivity index (χ0n) is 16.9. The Hall–Kier alpha value is -2.88. The number of nitrogen functional groups attached to an aromatic ring is 1. The monoisotopic (exact) mass is 531 g/mol. The van der Waals surface area contributed by atoms with Crippen LogP contribution in [0.1, 0.15) is 16.7 Å². The molecule has 0 amide bonds. The molecule has 0 bridgehead atoms. The lowest BCUT2D eigenvalue weighted by molar-refractivity contribution is -0.376. The highest BCUT2D eigenvalue weighted by molar-refractivity contribution is 5.55. The number of anilines is 1. The molecular weight excluding hydrogens is 518 g/mol. The van der Waals surface area contributed by atoms with Gasteiger partial charge in [-0.3, -0.25) is 0 Å². The zero-order chi connectivity index (χ0) is 27.4. The van der Waals surface area contributed by atoms with Gasteiger partial charge in [0.1, 0.15) is 11.5 Å². The van der Waals surface area contributed by atoms with Crippen molar-refractivity contribution in [2.24, 2.45) is 0 Å². The smallest absolute Gasteiger partial charge is 0.430 e. The van der Waals surface area contributed by atoms with Crippen LogP contribution in [0.15, 0.2) is 36.4 Å². The number of aryl methyl sites for hydroxylation is 1. The maximum Gasteiger partial charge on any atom is 0.430 e. The molecule has 0 aliphatic carbocycles. The van der Waals surface area contributed by atoms with E-state index in [2.05, 4.69) is 0 Å². The second-order valence-electron chi connectivity index (χ2n) is 7.24. The fourth-order valence-corrected chi connectivity index (χ4v) is 3.03. The van der Waals surface area contributed by atoms with E-state index in [1.807, 2.05) is 0 Å². The highest BCUT2D eigenvalue weighted by atomic mass is 19.4. The van der Waals surface area contributed by atoms with Crippen molar-refractivity contribution in [2.75, 3.05) is 5.73 Å². The zero-order valence-corrected chi connectivity index (χ0v) is 16.9. The lowest BCUT2D eigenvalue weighted by Crippen LogP contribution is -2.54. The molecule has 2 rings (SSSR count). The van der Waals surface area contributed by atoms with E-state index >= 15 is 0 Å². The molecule has 196 valence electrons. The number of benzene rings is 2. The van der Waals surface area contributed by atoms with E-state index in [1.54, 1.807) is 0 Å². The summed E-state index contributed by atoms with van der Waals surface area (Å²) in [7, 11) is 0. The second-order valence-corrected chi connectivity index (χ2v) is 7.24. The average molecular weight is 531 g/mol. The summed E-state index contributed by atoms with van der Waals surface area (Å²) < 4.78 is 163. The summed E-state index contributed by atoms with van der Waals surface area (Å²) in [5, 5.41) is 19.1. The summed E-state index contributed by atoms with van der Waals surface area (Å²) in [6.45, 7) is 0.773. The Morgan fingerprint density at radius 2 is 0.943 bits per heavy atom. The Bertz CT molecular complexity index is 973. The molecule has 2 aromatic rings. The first kappa shape index (κ1) is 28.4. The van der Waals surface area contributed by atoms with Gasteiger partial charge in [-0.05, 0) is 42.8 Å². The van der Waals surface area contributed by atoms with Crippen LogP contribution in [0.2, 0.25) is 0 Å². The van der Waals surface area contributed by atoms with E-state index in [9.17, 15) is 62.9 Å². The van der Waals surface area contributed by atoms with Gasteiger partial charge >= 0.3 is 24.7 Å². The number of ether oxygens (including phenoxy) is 1. The second kappa shape index (κ2) is 8.36. The lowest BCUT2D eigenvalue weighted by atomic mass is 9.88. The summed E-state index contributed by atoms with van der Waals surface area (Å²) in [6, 6.07) is 2.48. The maximum atomic E-state index is 13.2. The fraction of sp³-hybridized carbons (Fsp3) is 0.368. The van der Waals surface area contributed by atoms with Crippen LogP contribution in [0.5, 0.6) is 11.5 Å². The van der Waals surface area contributed by atoms with Gasteiger partial charge in [-0.1, -0.05) is 6.07 Å². The number of aliphatic hydroxyl groups is 2. The molecule has 0 saturated heterocycles. The van der Waals surface area contributed by atoms with Crippen molar-refractivity contribution in [1.82, 2.24) is 0 Å². The SMILES string of the molecule is Cc1ccc(Oc2ccc(N)c(C(O)(C(F)(F)F)C(F)(F)F)c2)cc1C(O)(C(F)(F)F)C(F)(F)F. The van der Waals surface area contributed by atoms with E-state index in [0.29, 0.717) is 18.2 Å². The third-order valence-corrected chi connectivity index (χ3v) is 4.89. The van der Waals surface area contributed by atoms with Crippen LogP contribution in [-0.2, 0) is 11.2 Å². The molecule has 0 radical (unpaired) electrons. The average Bonchev–Trinajstić information content (AvgIpc) is 2.66. The van der Waals surface area contributed by atoms with E-state index in [0.717, 1.165) is 13.0 Å². The number of nitrogens with two attached hydrogens (primary N) is 1. The minimum atomic E-state index is -6.34. The third-order valence-electron chi connectivity index (χ3n) is 4.89. The highest BCUT2D eigenvalue weighted by Crippen LogP contribution is 2.53. The summed E-state index contributed by atoms with van der Waals surface area (Å²) in [5.41, 5.74) is -11.4. The molecule has 0 unspecified atom stereocenters. The molecule has 0 aromatic heterocycles. The van der Waals surface area contributed by atoms with Crippen molar-refractivity contribution in [1.29, 1.82) is 0 Å². The molecular formula is C19H13F12NO3. The van der Waals surface area contributed by atoms with Gasteiger partial charge in [0.25, 0.3) is 11.2 Å². The summed E-state index contributed by atoms with van der Waals surface area (Å²) in [6.07, 6.45) is -25.2. The normalized spacial score (nSPS) is 14.3. The first-order valence-electron chi connectivity index (χ1n) is 8.89. The third kappa shape index (κ3) is 4.68. The van der Waals surface area contributed by atoms with Crippen molar-refractivity contribution in [3.8, 4) is 11.5 Å². The van der Waals surface area contributed by atoms with Crippen LogP contribution < -0.4 is 10.5 Å². The molecule has 2 aromatic carbocycles. The molecule has 0 heterocycles. The van der Waals surface area contributed by atoms with Gasteiger partial charge in [0.05, 0.1) is 0 Å². The Balaban J connectivity index is 2.66. The van der Waals surface area contributed by atoms with Crippen LogP contribution >= 0.6 is 0 Å². The summed E-state index contributed by atoms with van der Waals surface area (Å²) in [4.78, 5) is 0. The molecule has 16 heteroatoms. The van der Waals surface area contributed by atoms with Crippen molar-refractivity contribution in [2.45, 2.75) is 42.8 Å². The van der Waals surface area contributed by atoms with Crippen molar-refractivity contribution < 1.29 is 67.6 Å². The molecule has 0 spiro atoms.